The molecule has 0 heterocycles. The molecule has 0 saturated carbocycles. The van der Waals surface area contributed by atoms with E-state index in [0.717, 1.165) is 51.4 Å². The number of phosphoric ester groups is 1. The summed E-state index contributed by atoms with van der Waals surface area (Å²) in [6.07, 6.45) is 63.8. The van der Waals surface area contributed by atoms with Crippen molar-refractivity contribution in [2.45, 2.75) is 270 Å². The van der Waals surface area contributed by atoms with Crippen LogP contribution in [-0.4, -0.2) is 68.5 Å². The van der Waals surface area contributed by atoms with Crippen LogP contribution >= 0.6 is 7.82 Å². The number of hydrogen-bond donors (Lipinski definition) is 2. The molecule has 2 N–H and O–H groups in total. The van der Waals surface area contributed by atoms with Crippen LogP contribution in [0.4, 0.5) is 0 Å². The Morgan fingerprint density at radius 3 is 1.27 bits per heavy atom. The number of aliphatic hydroxyl groups excluding tert-OH is 1. The van der Waals surface area contributed by atoms with Gasteiger partial charge in [-0.15, -0.1) is 0 Å². The first-order valence-corrected chi connectivity index (χ1v) is 29.5. The van der Waals surface area contributed by atoms with Gasteiger partial charge < -0.3 is 28.8 Å². The minimum Gasteiger partial charge on any atom is -0.756 e. The predicted octanol–water partition coefficient (Wildman–Crippen LogP) is 16.1. The Kier molecular flexibility index (Phi) is 47.4. The molecular formula is C57H109N2O6P. The van der Waals surface area contributed by atoms with Gasteiger partial charge in [0, 0.05) is 6.42 Å². The molecule has 3 atom stereocenters. The average Bonchev–Trinajstić information content (AvgIpc) is 3.28. The number of carbonyl (C=O) groups is 1. The number of amides is 1. The Balaban J connectivity index is 3.80. The van der Waals surface area contributed by atoms with Crippen LogP contribution in [0, 0.1) is 0 Å². The molecule has 66 heavy (non-hydrogen) atoms. The maximum atomic E-state index is 12.8. The Morgan fingerprint density at radius 2 is 0.879 bits per heavy atom. The highest BCUT2D eigenvalue weighted by molar-refractivity contribution is 7.45. The van der Waals surface area contributed by atoms with Crippen molar-refractivity contribution in [3.63, 3.8) is 0 Å². The van der Waals surface area contributed by atoms with Crippen LogP contribution < -0.4 is 10.2 Å². The summed E-state index contributed by atoms with van der Waals surface area (Å²) in [5, 5.41) is 13.7. The van der Waals surface area contributed by atoms with Crippen LogP contribution in [0.5, 0.6) is 0 Å². The van der Waals surface area contributed by atoms with Gasteiger partial charge in [-0.05, 0) is 57.8 Å². The number of allylic oxidation sites excluding steroid dienone is 7. The Labute approximate surface area is 409 Å². The first kappa shape index (κ1) is 64.5. The van der Waals surface area contributed by atoms with Crippen molar-refractivity contribution in [1.29, 1.82) is 0 Å². The van der Waals surface area contributed by atoms with E-state index in [0.29, 0.717) is 17.4 Å². The summed E-state index contributed by atoms with van der Waals surface area (Å²) in [4.78, 5) is 25.3. The van der Waals surface area contributed by atoms with Crippen molar-refractivity contribution >= 4 is 13.7 Å². The third kappa shape index (κ3) is 50.3. The fourth-order valence-corrected chi connectivity index (χ4v) is 8.83. The lowest BCUT2D eigenvalue weighted by atomic mass is 10.0. The van der Waals surface area contributed by atoms with Gasteiger partial charge in [0.25, 0.3) is 7.82 Å². The van der Waals surface area contributed by atoms with Gasteiger partial charge in [0.1, 0.15) is 13.2 Å². The van der Waals surface area contributed by atoms with Gasteiger partial charge in [-0.25, -0.2) is 0 Å². The largest absolute Gasteiger partial charge is 0.756 e. The molecular weight excluding hydrogens is 840 g/mol. The number of aliphatic hydroxyl groups is 1. The van der Waals surface area contributed by atoms with Crippen molar-refractivity contribution in [3.05, 3.63) is 48.6 Å². The zero-order valence-electron chi connectivity index (χ0n) is 44.1. The van der Waals surface area contributed by atoms with E-state index in [9.17, 15) is 19.4 Å². The SMILES string of the molecule is CCCCCCC/C=C\C/C=C\C/C=C\CCCCCCCCCCCCCCCCCCCCCCCCC(=O)NC(COP(=O)([O-])OCC[N+](C)(C)C)C(O)/C=C/CCCCCCC. The molecule has 0 radical (unpaired) electrons. The first-order valence-electron chi connectivity index (χ1n) is 28.0. The minimum absolute atomic E-state index is 0.000733. The summed E-state index contributed by atoms with van der Waals surface area (Å²) < 4.78 is 23.1. The Bertz CT molecular complexity index is 1210. The maximum absolute atomic E-state index is 12.8. The highest BCUT2D eigenvalue weighted by Crippen LogP contribution is 2.38. The number of likely N-dealkylation sites (N-methyl/N-ethyl adjacent to an activating group) is 1. The van der Waals surface area contributed by atoms with Crippen molar-refractivity contribution in [3.8, 4) is 0 Å². The molecule has 0 spiro atoms. The van der Waals surface area contributed by atoms with E-state index < -0.39 is 20.0 Å². The highest BCUT2D eigenvalue weighted by Gasteiger charge is 2.23. The zero-order chi connectivity index (χ0) is 48.5. The van der Waals surface area contributed by atoms with Crippen molar-refractivity contribution < 1.29 is 32.9 Å². The van der Waals surface area contributed by atoms with Gasteiger partial charge >= 0.3 is 0 Å². The highest BCUT2D eigenvalue weighted by atomic mass is 31.2. The van der Waals surface area contributed by atoms with Crippen LogP contribution in [0.25, 0.3) is 0 Å². The summed E-state index contributed by atoms with van der Waals surface area (Å²) in [6.45, 7) is 4.58. The number of phosphoric acid groups is 1. The molecule has 0 aliphatic heterocycles. The number of quaternary nitrogens is 1. The lowest BCUT2D eigenvalue weighted by molar-refractivity contribution is -0.870. The average molecular weight is 949 g/mol. The molecule has 388 valence electrons. The smallest absolute Gasteiger partial charge is 0.268 e. The fraction of sp³-hybridized carbons (Fsp3) is 0.842. The third-order valence-corrected chi connectivity index (χ3v) is 13.5. The molecule has 0 saturated heterocycles. The number of carbonyl (C=O) groups excluding carboxylic acids is 1. The third-order valence-electron chi connectivity index (χ3n) is 12.5. The second-order valence-electron chi connectivity index (χ2n) is 20.3. The number of unbranched alkanes of at least 4 members (excludes halogenated alkanes) is 32. The lowest BCUT2D eigenvalue weighted by Crippen LogP contribution is -2.45. The van der Waals surface area contributed by atoms with E-state index in [1.807, 2.05) is 27.2 Å². The molecule has 0 rings (SSSR count). The summed E-state index contributed by atoms with van der Waals surface area (Å²) in [6, 6.07) is -0.882. The van der Waals surface area contributed by atoms with Crippen molar-refractivity contribution in [2.24, 2.45) is 0 Å². The van der Waals surface area contributed by atoms with Gasteiger partial charge in [0.2, 0.25) is 5.91 Å². The van der Waals surface area contributed by atoms with E-state index in [1.165, 1.54) is 186 Å². The monoisotopic (exact) mass is 949 g/mol. The summed E-state index contributed by atoms with van der Waals surface area (Å²) in [5.74, 6) is -0.199. The van der Waals surface area contributed by atoms with Gasteiger partial charge in [0.15, 0.2) is 0 Å². The second-order valence-corrected chi connectivity index (χ2v) is 21.7. The molecule has 1 amide bonds. The van der Waals surface area contributed by atoms with E-state index in [2.05, 4.69) is 55.6 Å². The first-order chi connectivity index (χ1) is 32.0. The van der Waals surface area contributed by atoms with Crippen LogP contribution in [0.2, 0.25) is 0 Å². The molecule has 0 aromatic carbocycles. The summed E-state index contributed by atoms with van der Waals surface area (Å²) >= 11 is 0. The van der Waals surface area contributed by atoms with Crippen molar-refractivity contribution in [2.75, 3.05) is 40.9 Å². The molecule has 0 fully saturated rings. The topological polar surface area (TPSA) is 108 Å². The number of nitrogens with zero attached hydrogens (tertiary/aromatic N) is 1. The minimum atomic E-state index is -4.58. The molecule has 0 bridgehead atoms. The quantitative estimate of drug-likeness (QED) is 0.0272. The normalized spacial score (nSPS) is 14.3. The summed E-state index contributed by atoms with van der Waals surface area (Å²) in [7, 11) is 1.26. The molecule has 8 nitrogen and oxygen atoms in total. The molecule has 0 aliphatic carbocycles. The number of rotatable bonds is 51. The Morgan fingerprint density at radius 1 is 0.530 bits per heavy atom. The molecule has 9 heteroatoms. The molecule has 0 aromatic rings. The van der Waals surface area contributed by atoms with Gasteiger partial charge in [-0.2, -0.15) is 0 Å². The molecule has 0 aromatic heterocycles. The predicted molar refractivity (Wildman–Crippen MR) is 284 cm³/mol. The van der Waals surface area contributed by atoms with E-state index in [4.69, 9.17) is 9.05 Å². The number of hydrogen-bond acceptors (Lipinski definition) is 6. The molecule has 0 aliphatic rings. The van der Waals surface area contributed by atoms with Crippen molar-refractivity contribution in [1.82, 2.24) is 5.32 Å². The molecule has 3 unspecified atom stereocenters. The standard InChI is InChI=1S/C57H109N2O6P/c1-6-8-10-12-14-15-16-17-18-19-20-21-22-23-24-25-26-27-28-29-30-31-32-33-34-35-36-37-38-39-40-41-42-43-45-47-49-51-57(61)58-55(56(60)50-48-46-44-13-11-9-7-2)54-65-66(62,63)64-53-52-59(3,4)5/h16-17,19-20,22-23,48,50,55-56,60H,6-15,18,21,24-47,49,51-54H2,1-5H3,(H-,58,61,62,63)/b17-16-,20-19-,23-22-,50-48+. The van der Waals surface area contributed by atoms with Gasteiger partial charge in [-0.1, -0.05) is 242 Å². The lowest BCUT2D eigenvalue weighted by Gasteiger charge is -2.29. The van der Waals surface area contributed by atoms with Crippen LogP contribution in [0.15, 0.2) is 48.6 Å². The summed E-state index contributed by atoms with van der Waals surface area (Å²) in [5.41, 5.74) is 0. The van der Waals surface area contributed by atoms with E-state index in [-0.39, 0.29) is 19.1 Å². The maximum Gasteiger partial charge on any atom is 0.268 e. The van der Waals surface area contributed by atoms with E-state index >= 15 is 0 Å². The van der Waals surface area contributed by atoms with Crippen LogP contribution in [0.3, 0.4) is 0 Å². The van der Waals surface area contributed by atoms with Gasteiger partial charge in [0.05, 0.1) is 39.9 Å². The second kappa shape index (κ2) is 48.5. The van der Waals surface area contributed by atoms with Crippen LogP contribution in [-0.2, 0) is 18.4 Å². The fourth-order valence-electron chi connectivity index (χ4n) is 8.10. The van der Waals surface area contributed by atoms with Gasteiger partial charge in [-0.3, -0.25) is 9.36 Å². The zero-order valence-corrected chi connectivity index (χ0v) is 45.0. The van der Waals surface area contributed by atoms with Crippen LogP contribution in [0.1, 0.15) is 258 Å². The Hall–Kier alpha value is -1.54. The van der Waals surface area contributed by atoms with E-state index in [1.54, 1.807) is 6.08 Å². The number of nitrogens with one attached hydrogen (secondary N) is 1.